The molecule has 0 spiro atoms. The van der Waals surface area contributed by atoms with E-state index in [0.29, 0.717) is 48.4 Å². The molecule has 9 atom stereocenters. The number of ether oxygens (including phenoxy) is 1. The third kappa shape index (κ3) is 4.10. The third-order valence-corrected chi connectivity index (χ3v) is 10.4. The van der Waals surface area contributed by atoms with E-state index in [1.165, 1.54) is 25.7 Å². The van der Waals surface area contributed by atoms with Crippen LogP contribution in [0.25, 0.3) is 0 Å². The highest BCUT2D eigenvalue weighted by molar-refractivity contribution is 5.83. The lowest BCUT2D eigenvalue weighted by molar-refractivity contribution is -0.178. The van der Waals surface area contributed by atoms with Crippen LogP contribution in [-0.4, -0.2) is 29.6 Å². The Hall–Kier alpha value is -1.16. The van der Waals surface area contributed by atoms with Gasteiger partial charge in [0, 0.05) is 24.2 Å². The van der Waals surface area contributed by atoms with Crippen molar-refractivity contribution >= 4 is 11.8 Å². The summed E-state index contributed by atoms with van der Waals surface area (Å²) in [7, 11) is 0. The van der Waals surface area contributed by atoms with Crippen LogP contribution in [-0.2, 0) is 14.3 Å². The van der Waals surface area contributed by atoms with E-state index in [1.54, 1.807) is 0 Å². The van der Waals surface area contributed by atoms with Gasteiger partial charge < -0.3 is 9.84 Å². The summed E-state index contributed by atoms with van der Waals surface area (Å²) >= 11 is 0. The van der Waals surface area contributed by atoms with Crippen LogP contribution in [0.3, 0.4) is 0 Å². The molecule has 0 radical (unpaired) electrons. The lowest BCUT2D eigenvalue weighted by atomic mass is 9.43. The average molecular weight is 447 g/mol. The monoisotopic (exact) mass is 446 g/mol. The maximum atomic E-state index is 13.4. The Bertz CT molecular complexity index is 689. The number of hydrogen-bond acceptors (Lipinski definition) is 4. The first-order chi connectivity index (χ1) is 15.2. The fourth-order valence-electron chi connectivity index (χ4n) is 8.68. The van der Waals surface area contributed by atoms with Gasteiger partial charge in [-0.25, -0.2) is 0 Å². The molecule has 0 aromatic rings. The van der Waals surface area contributed by atoms with E-state index in [2.05, 4.69) is 33.9 Å². The summed E-state index contributed by atoms with van der Waals surface area (Å²) in [6.07, 6.45) is 9.54. The Morgan fingerprint density at radius 1 is 1.19 bits per heavy atom. The highest BCUT2D eigenvalue weighted by Gasteiger charge is 2.65. The maximum absolute atomic E-state index is 13.4. The normalized spacial score (nSPS) is 43.7. The van der Waals surface area contributed by atoms with E-state index in [0.717, 1.165) is 32.1 Å². The van der Waals surface area contributed by atoms with Crippen molar-refractivity contribution < 1.29 is 19.4 Å². The molecule has 4 heteroatoms. The molecule has 0 aromatic carbocycles. The van der Waals surface area contributed by atoms with E-state index in [1.807, 2.05) is 6.92 Å². The second kappa shape index (κ2) is 9.99. The summed E-state index contributed by atoms with van der Waals surface area (Å²) < 4.78 is 5.12. The fraction of sp³-hybridized carbons (Fsp3) is 0.857. The zero-order chi connectivity index (χ0) is 23.7. The topological polar surface area (TPSA) is 63.6 Å². The van der Waals surface area contributed by atoms with Gasteiger partial charge in [0.1, 0.15) is 5.78 Å². The molecule has 4 aliphatic rings. The maximum Gasteiger partial charge on any atom is 0.305 e. The zero-order valence-corrected chi connectivity index (χ0v) is 20.9. The van der Waals surface area contributed by atoms with Gasteiger partial charge in [-0.05, 0) is 80.5 Å². The first-order valence-corrected chi connectivity index (χ1v) is 13.1. The molecule has 1 N–H and O–H groups in total. The van der Waals surface area contributed by atoms with Gasteiger partial charge in [-0.2, -0.15) is 0 Å². The molecule has 0 bridgehead atoms. The van der Waals surface area contributed by atoms with Crippen molar-refractivity contribution in [1.29, 1.82) is 0 Å². The first kappa shape index (κ1) is 25.5. The molecule has 0 saturated heterocycles. The van der Waals surface area contributed by atoms with Gasteiger partial charge in [-0.15, -0.1) is 13.2 Å². The number of rotatable bonds is 5. The summed E-state index contributed by atoms with van der Waals surface area (Å²) in [6, 6.07) is 0. The van der Waals surface area contributed by atoms with Crippen LogP contribution in [0.1, 0.15) is 91.9 Å². The van der Waals surface area contributed by atoms with E-state index < -0.39 is 0 Å². The van der Waals surface area contributed by atoms with Crippen molar-refractivity contribution in [3.8, 4) is 0 Å². The van der Waals surface area contributed by atoms with Crippen LogP contribution in [0, 0.1) is 46.3 Å². The Morgan fingerprint density at radius 2 is 1.91 bits per heavy atom. The van der Waals surface area contributed by atoms with Crippen LogP contribution >= 0.6 is 0 Å². The SMILES string of the molecule is C=C.CCOC(=O)CC[C@@H](C)C1CCC2C3C(=O)CC4CCCCC4(C)C3C[C@H](O)C21C. The smallest absolute Gasteiger partial charge is 0.305 e. The molecule has 0 aromatic heterocycles. The van der Waals surface area contributed by atoms with Crippen LogP contribution in [0.4, 0.5) is 0 Å². The standard InChI is InChI=1S/C26H42O4.C2H4/c1-5-30-23(29)12-9-16(2)18-10-11-19-24-20(15-22(28)26(18,19)4)25(3)13-7-6-8-17(25)14-21(24)27;1-2/h16-20,22,24,28H,5-15H2,1-4H3;1-2H2/t16-,17?,18?,19?,20?,22+,24?,25?,26?;/m1./s1. The molecular formula is C28H46O4. The predicted molar refractivity (Wildman–Crippen MR) is 128 cm³/mol. The molecule has 4 nitrogen and oxygen atoms in total. The average Bonchev–Trinajstić information content (AvgIpc) is 3.13. The minimum atomic E-state index is -0.341. The number of aliphatic hydroxyl groups excluding tert-OH is 1. The number of ketones is 1. The van der Waals surface area contributed by atoms with E-state index in [4.69, 9.17) is 4.74 Å². The molecule has 4 saturated carbocycles. The van der Waals surface area contributed by atoms with Gasteiger partial charge in [0.2, 0.25) is 0 Å². The summed E-state index contributed by atoms with van der Waals surface area (Å²) in [5.41, 5.74) is 0.0233. The Balaban J connectivity index is 0.00000141. The highest BCUT2D eigenvalue weighted by Crippen LogP contribution is 2.67. The number of Topliss-reactive ketones (excluding diaryl/α,β-unsaturated/α-hetero) is 1. The highest BCUT2D eigenvalue weighted by atomic mass is 16.5. The number of fused-ring (bicyclic) bond motifs is 5. The number of carbonyl (C=O) groups excluding carboxylic acids is 2. The van der Waals surface area contributed by atoms with Gasteiger partial charge in [0.05, 0.1) is 12.7 Å². The van der Waals surface area contributed by atoms with Crippen molar-refractivity contribution in [3.05, 3.63) is 13.2 Å². The molecular weight excluding hydrogens is 400 g/mol. The molecule has 0 amide bonds. The molecule has 7 unspecified atom stereocenters. The van der Waals surface area contributed by atoms with Crippen molar-refractivity contribution in [1.82, 2.24) is 0 Å². The van der Waals surface area contributed by atoms with Gasteiger partial charge in [0.25, 0.3) is 0 Å². The van der Waals surface area contributed by atoms with Crippen LogP contribution < -0.4 is 0 Å². The van der Waals surface area contributed by atoms with Crippen molar-refractivity contribution in [2.45, 2.75) is 98.0 Å². The van der Waals surface area contributed by atoms with Gasteiger partial charge in [-0.3, -0.25) is 9.59 Å². The second-order valence-electron chi connectivity index (χ2n) is 11.5. The van der Waals surface area contributed by atoms with Gasteiger partial charge in [-0.1, -0.05) is 33.6 Å². The fourth-order valence-corrected chi connectivity index (χ4v) is 8.68. The molecule has 4 aliphatic carbocycles. The molecule has 4 rings (SSSR count). The van der Waals surface area contributed by atoms with Crippen LogP contribution in [0.5, 0.6) is 0 Å². The number of hydrogen-bond donors (Lipinski definition) is 1. The van der Waals surface area contributed by atoms with E-state index in [-0.39, 0.29) is 28.8 Å². The Labute approximate surface area is 195 Å². The summed E-state index contributed by atoms with van der Waals surface area (Å²) in [5, 5.41) is 11.5. The third-order valence-electron chi connectivity index (χ3n) is 10.4. The Morgan fingerprint density at radius 3 is 2.59 bits per heavy atom. The molecule has 0 aliphatic heterocycles. The number of carbonyl (C=O) groups is 2. The minimum Gasteiger partial charge on any atom is -0.466 e. The summed E-state index contributed by atoms with van der Waals surface area (Å²) in [5.74, 6) is 2.42. The van der Waals surface area contributed by atoms with Crippen LogP contribution in [0.15, 0.2) is 13.2 Å². The molecule has 4 fully saturated rings. The lowest BCUT2D eigenvalue weighted by Crippen LogP contribution is -2.60. The Kier molecular flexibility index (Phi) is 7.95. The molecule has 32 heavy (non-hydrogen) atoms. The molecule has 182 valence electrons. The van der Waals surface area contributed by atoms with Crippen molar-refractivity contribution in [3.63, 3.8) is 0 Å². The van der Waals surface area contributed by atoms with Gasteiger partial charge >= 0.3 is 5.97 Å². The quantitative estimate of drug-likeness (QED) is 0.418. The lowest BCUT2D eigenvalue weighted by Gasteiger charge is -2.61. The minimum absolute atomic E-state index is 0.118. The van der Waals surface area contributed by atoms with E-state index in [9.17, 15) is 14.7 Å². The molecule has 0 heterocycles. The number of aliphatic hydroxyl groups is 1. The zero-order valence-electron chi connectivity index (χ0n) is 20.9. The number of esters is 1. The van der Waals surface area contributed by atoms with Crippen molar-refractivity contribution in [2.75, 3.05) is 6.61 Å². The van der Waals surface area contributed by atoms with Gasteiger partial charge in [0.15, 0.2) is 0 Å². The summed E-state index contributed by atoms with van der Waals surface area (Å²) in [6.45, 7) is 15.2. The van der Waals surface area contributed by atoms with Crippen LogP contribution in [0.2, 0.25) is 0 Å². The van der Waals surface area contributed by atoms with Crippen molar-refractivity contribution in [2.24, 2.45) is 46.3 Å². The summed E-state index contributed by atoms with van der Waals surface area (Å²) in [4.78, 5) is 25.3. The second-order valence-corrected chi connectivity index (χ2v) is 11.5. The predicted octanol–water partition coefficient (Wildman–Crippen LogP) is 5.97. The van der Waals surface area contributed by atoms with E-state index >= 15 is 0 Å². The first-order valence-electron chi connectivity index (χ1n) is 13.1. The largest absolute Gasteiger partial charge is 0.466 e.